The second-order valence-corrected chi connectivity index (χ2v) is 3.44. The Morgan fingerprint density at radius 2 is 2.33 bits per heavy atom. The molecule has 2 N–H and O–H groups in total. The molecule has 0 aromatic heterocycles. The van der Waals surface area contributed by atoms with E-state index >= 15 is 0 Å². The van der Waals surface area contributed by atoms with E-state index in [-0.39, 0.29) is 0 Å². The Morgan fingerprint density at radius 3 is 2.83 bits per heavy atom. The van der Waals surface area contributed by atoms with Gasteiger partial charge in [0.2, 0.25) is 0 Å². The van der Waals surface area contributed by atoms with E-state index < -0.39 is 0 Å². The molecule has 0 radical (unpaired) electrons. The van der Waals surface area contributed by atoms with Gasteiger partial charge >= 0.3 is 0 Å². The van der Waals surface area contributed by atoms with Crippen LogP contribution in [0.3, 0.4) is 0 Å². The Balaban J connectivity index is 2.59. The molecule has 0 spiro atoms. The maximum atomic E-state index is 5.75. The Bertz CT molecular complexity index is 177. The number of guanidine groups is 1. The van der Waals surface area contributed by atoms with E-state index in [0.717, 1.165) is 19.0 Å². The van der Waals surface area contributed by atoms with E-state index in [9.17, 15) is 0 Å². The first-order chi connectivity index (χ1) is 5.70. The first-order valence-electron chi connectivity index (χ1n) is 4.77. The van der Waals surface area contributed by atoms with Gasteiger partial charge in [-0.1, -0.05) is 20.3 Å². The van der Waals surface area contributed by atoms with Crippen molar-refractivity contribution >= 4 is 5.96 Å². The fourth-order valence-electron chi connectivity index (χ4n) is 1.70. The molecule has 0 amide bonds. The molecule has 12 heavy (non-hydrogen) atoms. The lowest BCUT2D eigenvalue weighted by Crippen LogP contribution is -2.43. The van der Waals surface area contributed by atoms with Crippen LogP contribution in [0.2, 0.25) is 0 Å². The van der Waals surface area contributed by atoms with Gasteiger partial charge in [0, 0.05) is 6.54 Å². The Labute approximate surface area is 74.6 Å². The summed E-state index contributed by atoms with van der Waals surface area (Å²) < 4.78 is 0. The van der Waals surface area contributed by atoms with Gasteiger partial charge in [-0.05, 0) is 12.8 Å². The SMILES string of the molecule is CCC(C)C1CN=C(N)N1CC. The molecule has 0 aromatic carbocycles. The molecular weight excluding hydrogens is 150 g/mol. The molecule has 2 atom stereocenters. The topological polar surface area (TPSA) is 41.6 Å². The van der Waals surface area contributed by atoms with Crippen LogP contribution in [-0.2, 0) is 0 Å². The summed E-state index contributed by atoms with van der Waals surface area (Å²) in [5.74, 6) is 1.41. The number of likely N-dealkylation sites (N-methyl/N-ethyl adjacent to an activating group) is 1. The van der Waals surface area contributed by atoms with E-state index in [1.54, 1.807) is 0 Å². The van der Waals surface area contributed by atoms with Crippen molar-refractivity contribution in [2.45, 2.75) is 33.2 Å². The fourth-order valence-corrected chi connectivity index (χ4v) is 1.70. The number of nitrogens with zero attached hydrogens (tertiary/aromatic N) is 2. The standard InChI is InChI=1S/C9H19N3/c1-4-7(3)8-6-11-9(10)12(8)5-2/h7-8H,4-6H2,1-3H3,(H2,10,11). The first-order valence-corrected chi connectivity index (χ1v) is 4.77. The molecule has 70 valence electrons. The molecule has 1 heterocycles. The van der Waals surface area contributed by atoms with Crippen molar-refractivity contribution in [3.8, 4) is 0 Å². The highest BCUT2D eigenvalue weighted by Crippen LogP contribution is 2.18. The quantitative estimate of drug-likeness (QED) is 0.686. The van der Waals surface area contributed by atoms with Gasteiger partial charge in [0.05, 0.1) is 12.6 Å². The molecule has 0 bridgehead atoms. The zero-order valence-corrected chi connectivity index (χ0v) is 8.25. The van der Waals surface area contributed by atoms with Gasteiger partial charge in [0.1, 0.15) is 0 Å². The monoisotopic (exact) mass is 169 g/mol. The summed E-state index contributed by atoms with van der Waals surface area (Å²) in [5.41, 5.74) is 5.75. The first kappa shape index (κ1) is 9.36. The molecule has 1 aliphatic heterocycles. The Morgan fingerprint density at radius 1 is 1.67 bits per heavy atom. The summed E-state index contributed by atoms with van der Waals surface area (Å²) >= 11 is 0. The molecule has 0 fully saturated rings. The van der Waals surface area contributed by atoms with Gasteiger partial charge in [-0.15, -0.1) is 0 Å². The second kappa shape index (κ2) is 3.78. The summed E-state index contributed by atoms with van der Waals surface area (Å²) in [6.07, 6.45) is 1.20. The molecule has 1 aliphatic rings. The van der Waals surface area contributed by atoms with Gasteiger partial charge < -0.3 is 10.6 Å². The minimum Gasteiger partial charge on any atom is -0.370 e. The highest BCUT2D eigenvalue weighted by Gasteiger charge is 2.27. The zero-order chi connectivity index (χ0) is 9.14. The number of hydrogen-bond donors (Lipinski definition) is 1. The number of aliphatic imine (C=N–C) groups is 1. The third-order valence-corrected chi connectivity index (χ3v) is 2.78. The maximum Gasteiger partial charge on any atom is 0.191 e. The summed E-state index contributed by atoms with van der Waals surface area (Å²) in [6.45, 7) is 8.47. The van der Waals surface area contributed by atoms with E-state index in [0.29, 0.717) is 12.0 Å². The molecule has 3 nitrogen and oxygen atoms in total. The Kier molecular flexibility index (Phi) is 2.95. The van der Waals surface area contributed by atoms with Crippen LogP contribution in [0.1, 0.15) is 27.2 Å². The highest BCUT2D eigenvalue weighted by molar-refractivity contribution is 5.80. The van der Waals surface area contributed by atoms with Gasteiger partial charge in [-0.3, -0.25) is 4.99 Å². The molecule has 0 aromatic rings. The number of rotatable bonds is 3. The van der Waals surface area contributed by atoms with Crippen LogP contribution >= 0.6 is 0 Å². The summed E-state index contributed by atoms with van der Waals surface area (Å²) in [4.78, 5) is 6.46. The molecule has 0 aliphatic carbocycles. The van der Waals surface area contributed by atoms with Gasteiger partial charge in [0.15, 0.2) is 5.96 Å². The molecule has 2 unspecified atom stereocenters. The van der Waals surface area contributed by atoms with Crippen LogP contribution in [0.25, 0.3) is 0 Å². The lowest BCUT2D eigenvalue weighted by molar-refractivity contribution is 0.266. The third-order valence-electron chi connectivity index (χ3n) is 2.78. The largest absolute Gasteiger partial charge is 0.370 e. The van der Waals surface area contributed by atoms with Crippen molar-refractivity contribution in [1.82, 2.24) is 4.90 Å². The van der Waals surface area contributed by atoms with Crippen molar-refractivity contribution in [3.05, 3.63) is 0 Å². The minimum absolute atomic E-state index is 0.542. The number of hydrogen-bond acceptors (Lipinski definition) is 3. The average Bonchev–Trinajstić information content (AvgIpc) is 2.45. The van der Waals surface area contributed by atoms with Crippen molar-refractivity contribution in [1.29, 1.82) is 0 Å². The van der Waals surface area contributed by atoms with Crippen LogP contribution in [0, 0.1) is 5.92 Å². The molecular formula is C9H19N3. The minimum atomic E-state index is 0.542. The molecule has 1 rings (SSSR count). The van der Waals surface area contributed by atoms with Crippen LogP contribution in [-0.4, -0.2) is 30.0 Å². The summed E-state index contributed by atoms with van der Waals surface area (Å²) in [7, 11) is 0. The predicted molar refractivity (Wildman–Crippen MR) is 52.1 cm³/mol. The molecule has 3 heteroatoms. The predicted octanol–water partition coefficient (Wildman–Crippen LogP) is 1.05. The fraction of sp³-hybridized carbons (Fsp3) is 0.889. The number of nitrogens with two attached hydrogens (primary N) is 1. The normalized spacial score (nSPS) is 25.8. The Hall–Kier alpha value is -0.730. The summed E-state index contributed by atoms with van der Waals surface area (Å²) in [5, 5.41) is 0. The van der Waals surface area contributed by atoms with E-state index in [2.05, 4.69) is 30.7 Å². The maximum absolute atomic E-state index is 5.75. The lowest BCUT2D eigenvalue weighted by Gasteiger charge is -2.28. The second-order valence-electron chi connectivity index (χ2n) is 3.44. The lowest BCUT2D eigenvalue weighted by atomic mass is 9.99. The van der Waals surface area contributed by atoms with Crippen molar-refractivity contribution in [2.75, 3.05) is 13.1 Å². The van der Waals surface area contributed by atoms with Crippen molar-refractivity contribution in [3.63, 3.8) is 0 Å². The summed E-state index contributed by atoms with van der Waals surface area (Å²) in [6, 6.07) is 0.542. The van der Waals surface area contributed by atoms with E-state index in [4.69, 9.17) is 5.73 Å². The van der Waals surface area contributed by atoms with Gasteiger partial charge in [0.25, 0.3) is 0 Å². The van der Waals surface area contributed by atoms with Gasteiger partial charge in [-0.25, -0.2) is 0 Å². The average molecular weight is 169 g/mol. The van der Waals surface area contributed by atoms with Crippen LogP contribution < -0.4 is 5.73 Å². The van der Waals surface area contributed by atoms with E-state index in [1.807, 2.05) is 0 Å². The molecule has 0 saturated heterocycles. The third kappa shape index (κ3) is 1.54. The van der Waals surface area contributed by atoms with Gasteiger partial charge in [-0.2, -0.15) is 0 Å². The van der Waals surface area contributed by atoms with Crippen LogP contribution in [0.5, 0.6) is 0 Å². The zero-order valence-electron chi connectivity index (χ0n) is 8.25. The van der Waals surface area contributed by atoms with Crippen LogP contribution in [0.15, 0.2) is 4.99 Å². The van der Waals surface area contributed by atoms with Crippen LogP contribution in [0.4, 0.5) is 0 Å². The van der Waals surface area contributed by atoms with Crippen molar-refractivity contribution in [2.24, 2.45) is 16.6 Å². The van der Waals surface area contributed by atoms with E-state index in [1.165, 1.54) is 6.42 Å². The van der Waals surface area contributed by atoms with Crippen molar-refractivity contribution < 1.29 is 0 Å². The molecule has 0 saturated carbocycles. The smallest absolute Gasteiger partial charge is 0.191 e. The highest BCUT2D eigenvalue weighted by atomic mass is 15.3.